The number of nitrogens with zero attached hydrogens (tertiary/aromatic N) is 1. The predicted octanol–water partition coefficient (Wildman–Crippen LogP) is 1.07. The summed E-state index contributed by atoms with van der Waals surface area (Å²) in [5.74, 6) is -1.02. The Kier molecular flexibility index (Phi) is 3.91. The first-order chi connectivity index (χ1) is 9.15. The molecule has 2 rings (SSSR count). The lowest BCUT2D eigenvalue weighted by molar-refractivity contribution is 0.0948. The monoisotopic (exact) mass is 263 g/mol. The molecule has 0 saturated carbocycles. The zero-order valence-electron chi connectivity index (χ0n) is 10.2. The third-order valence-corrected chi connectivity index (χ3v) is 2.75. The fourth-order valence-corrected chi connectivity index (χ4v) is 1.82. The van der Waals surface area contributed by atoms with Crippen molar-refractivity contribution < 1.29 is 14.3 Å². The molecule has 4 N–H and O–H groups in total. The molecule has 0 aliphatic rings. The van der Waals surface area contributed by atoms with Crippen LogP contribution in [0.1, 0.15) is 16.9 Å². The highest BCUT2D eigenvalue weighted by atomic mass is 19.1. The minimum Gasteiger partial charge on any atom is -0.398 e. The van der Waals surface area contributed by atoms with E-state index in [1.54, 1.807) is 6.07 Å². The summed E-state index contributed by atoms with van der Waals surface area (Å²) in [7, 11) is 0. The summed E-state index contributed by atoms with van der Waals surface area (Å²) in [5.41, 5.74) is 6.15. The molecule has 6 heteroatoms. The van der Waals surface area contributed by atoms with Crippen LogP contribution in [0.15, 0.2) is 24.4 Å². The lowest BCUT2D eigenvalue weighted by Gasteiger charge is -2.08. The van der Waals surface area contributed by atoms with Gasteiger partial charge >= 0.3 is 0 Å². The van der Waals surface area contributed by atoms with Gasteiger partial charge in [0.2, 0.25) is 0 Å². The molecule has 1 aromatic heterocycles. The Morgan fingerprint density at radius 3 is 2.95 bits per heavy atom. The van der Waals surface area contributed by atoms with E-state index in [0.29, 0.717) is 24.0 Å². The number of nitrogen functional groups attached to an aromatic ring is 1. The zero-order valence-corrected chi connectivity index (χ0v) is 10.2. The van der Waals surface area contributed by atoms with Crippen molar-refractivity contribution in [3.05, 3.63) is 35.9 Å². The summed E-state index contributed by atoms with van der Waals surface area (Å²) in [6, 6.07) is 4.23. The molecule has 0 atom stereocenters. The van der Waals surface area contributed by atoms with Crippen molar-refractivity contribution in [2.75, 3.05) is 18.9 Å². The molecule has 5 nitrogen and oxygen atoms in total. The summed E-state index contributed by atoms with van der Waals surface area (Å²) in [5, 5.41) is 11.8. The van der Waals surface area contributed by atoms with Crippen LogP contribution in [0.5, 0.6) is 0 Å². The van der Waals surface area contributed by atoms with Crippen LogP contribution < -0.4 is 11.1 Å². The minimum atomic E-state index is -0.537. The number of anilines is 1. The van der Waals surface area contributed by atoms with Gasteiger partial charge in [0.05, 0.1) is 5.39 Å². The van der Waals surface area contributed by atoms with E-state index >= 15 is 0 Å². The van der Waals surface area contributed by atoms with Gasteiger partial charge in [-0.15, -0.1) is 0 Å². The van der Waals surface area contributed by atoms with Gasteiger partial charge < -0.3 is 16.2 Å². The lowest BCUT2D eigenvalue weighted by atomic mass is 10.1. The van der Waals surface area contributed by atoms with Crippen LogP contribution in [-0.2, 0) is 0 Å². The van der Waals surface area contributed by atoms with Crippen molar-refractivity contribution in [3.8, 4) is 0 Å². The van der Waals surface area contributed by atoms with Gasteiger partial charge in [-0.1, -0.05) is 0 Å². The van der Waals surface area contributed by atoms with Crippen molar-refractivity contribution >= 4 is 22.4 Å². The first-order valence-electron chi connectivity index (χ1n) is 5.87. The first-order valence-corrected chi connectivity index (χ1v) is 5.87. The number of aromatic nitrogens is 1. The van der Waals surface area contributed by atoms with E-state index in [0.717, 1.165) is 0 Å². The largest absolute Gasteiger partial charge is 0.398 e. The Morgan fingerprint density at radius 1 is 1.42 bits per heavy atom. The number of nitrogens with one attached hydrogen (secondary N) is 1. The molecular weight excluding hydrogens is 249 g/mol. The van der Waals surface area contributed by atoms with Crippen molar-refractivity contribution in [2.24, 2.45) is 0 Å². The van der Waals surface area contributed by atoms with Crippen LogP contribution >= 0.6 is 0 Å². The Hall–Kier alpha value is -2.21. The van der Waals surface area contributed by atoms with E-state index in [-0.39, 0.29) is 17.7 Å². The van der Waals surface area contributed by atoms with Gasteiger partial charge in [-0.2, -0.15) is 0 Å². The molecule has 0 aliphatic heterocycles. The average molecular weight is 263 g/mol. The molecule has 0 saturated heterocycles. The van der Waals surface area contributed by atoms with Crippen LogP contribution in [0.3, 0.4) is 0 Å². The van der Waals surface area contributed by atoms with Crippen molar-refractivity contribution in [3.63, 3.8) is 0 Å². The number of rotatable bonds is 4. The van der Waals surface area contributed by atoms with Crippen molar-refractivity contribution in [1.29, 1.82) is 0 Å². The number of pyridine rings is 1. The molecule has 2 aromatic rings. The van der Waals surface area contributed by atoms with Gasteiger partial charge in [0.25, 0.3) is 5.91 Å². The fourth-order valence-electron chi connectivity index (χ4n) is 1.82. The van der Waals surface area contributed by atoms with E-state index < -0.39 is 11.7 Å². The third kappa shape index (κ3) is 2.63. The van der Waals surface area contributed by atoms with Crippen molar-refractivity contribution in [1.82, 2.24) is 10.3 Å². The van der Waals surface area contributed by atoms with E-state index in [9.17, 15) is 9.18 Å². The molecule has 0 radical (unpaired) electrons. The smallest absolute Gasteiger partial charge is 0.270 e. The molecule has 0 aliphatic carbocycles. The number of benzene rings is 1. The molecule has 19 heavy (non-hydrogen) atoms. The highest BCUT2D eigenvalue weighted by molar-refractivity contribution is 6.08. The number of aliphatic hydroxyl groups is 1. The fraction of sp³-hybridized carbons (Fsp3) is 0.231. The Balaban J connectivity index is 2.43. The molecule has 0 spiro atoms. The quantitative estimate of drug-likeness (QED) is 0.568. The summed E-state index contributed by atoms with van der Waals surface area (Å²) in [4.78, 5) is 15.9. The van der Waals surface area contributed by atoms with Gasteiger partial charge in [0.1, 0.15) is 11.5 Å². The average Bonchev–Trinajstić information content (AvgIpc) is 2.42. The maximum Gasteiger partial charge on any atom is 0.270 e. The Morgan fingerprint density at radius 2 is 2.21 bits per heavy atom. The summed E-state index contributed by atoms with van der Waals surface area (Å²) >= 11 is 0. The predicted molar refractivity (Wildman–Crippen MR) is 70.1 cm³/mol. The lowest BCUT2D eigenvalue weighted by Crippen LogP contribution is -2.26. The first kappa shape index (κ1) is 13.2. The zero-order chi connectivity index (χ0) is 13.8. The third-order valence-electron chi connectivity index (χ3n) is 2.75. The summed E-state index contributed by atoms with van der Waals surface area (Å²) in [6.07, 6.45) is 1.85. The SMILES string of the molecule is Nc1ccc(F)c2c(C(=O)NCCCO)nccc12. The topological polar surface area (TPSA) is 88.2 Å². The molecule has 100 valence electrons. The number of amides is 1. The number of nitrogens with two attached hydrogens (primary N) is 1. The number of aliphatic hydroxyl groups excluding tert-OH is 1. The van der Waals surface area contributed by atoms with Gasteiger partial charge in [-0.3, -0.25) is 9.78 Å². The number of fused-ring (bicyclic) bond motifs is 1. The molecule has 0 unspecified atom stereocenters. The molecule has 1 aromatic carbocycles. The summed E-state index contributed by atoms with van der Waals surface area (Å²) < 4.78 is 13.9. The van der Waals surface area contributed by atoms with Gasteiger partial charge in [-0.05, 0) is 24.6 Å². The maximum atomic E-state index is 13.9. The number of carbonyl (C=O) groups excluding carboxylic acids is 1. The Bertz CT molecular complexity index is 616. The van der Waals surface area contributed by atoms with Gasteiger partial charge in [0.15, 0.2) is 0 Å². The van der Waals surface area contributed by atoms with Crippen LogP contribution in [0.4, 0.5) is 10.1 Å². The molecule has 1 amide bonds. The summed E-state index contributed by atoms with van der Waals surface area (Å²) in [6.45, 7) is 0.280. The van der Waals surface area contributed by atoms with Gasteiger partial charge in [-0.25, -0.2) is 4.39 Å². The molecule has 0 fully saturated rings. The van der Waals surface area contributed by atoms with E-state index in [2.05, 4.69) is 10.3 Å². The molecule has 1 heterocycles. The van der Waals surface area contributed by atoms with E-state index in [1.807, 2.05) is 0 Å². The Labute approximate surface area is 109 Å². The second-order valence-electron chi connectivity index (χ2n) is 4.05. The van der Waals surface area contributed by atoms with Crippen molar-refractivity contribution in [2.45, 2.75) is 6.42 Å². The highest BCUT2D eigenvalue weighted by Gasteiger charge is 2.15. The number of carbonyl (C=O) groups is 1. The van der Waals surface area contributed by atoms with Gasteiger partial charge in [0, 0.05) is 30.4 Å². The van der Waals surface area contributed by atoms with E-state index in [4.69, 9.17) is 10.8 Å². The number of hydrogen-bond donors (Lipinski definition) is 3. The second kappa shape index (κ2) is 5.62. The second-order valence-corrected chi connectivity index (χ2v) is 4.05. The van der Waals surface area contributed by atoms with Crippen LogP contribution in [0.2, 0.25) is 0 Å². The normalized spacial score (nSPS) is 10.6. The van der Waals surface area contributed by atoms with Crippen LogP contribution in [0.25, 0.3) is 10.8 Å². The standard InChI is InChI=1S/C13H14FN3O2/c14-9-2-3-10(15)8-4-6-16-12(11(8)9)13(19)17-5-1-7-18/h2-4,6,18H,1,5,7,15H2,(H,17,19). The van der Waals surface area contributed by atoms with Crippen LogP contribution in [-0.4, -0.2) is 29.1 Å². The minimum absolute atomic E-state index is 0.000222. The maximum absolute atomic E-state index is 13.9. The number of halogens is 1. The van der Waals surface area contributed by atoms with Crippen LogP contribution in [0, 0.1) is 5.82 Å². The molecule has 0 bridgehead atoms. The molecular formula is C13H14FN3O2. The number of hydrogen-bond acceptors (Lipinski definition) is 4. The highest BCUT2D eigenvalue weighted by Crippen LogP contribution is 2.25. The van der Waals surface area contributed by atoms with E-state index in [1.165, 1.54) is 18.3 Å².